The van der Waals surface area contributed by atoms with Crippen LogP contribution in [0, 0.1) is 0 Å². The number of nitrogens with two attached hydrogens (primary N) is 1. The molecule has 27 heavy (non-hydrogen) atoms. The van der Waals surface area contributed by atoms with Crippen molar-refractivity contribution in [2.45, 2.75) is 0 Å². The van der Waals surface area contributed by atoms with Gasteiger partial charge >= 0.3 is 0 Å². The SMILES string of the molecule is Nc1c2c(cc(=O)n1-c1cccc(C3=CSC4=NCCN34)c1)C(=O)NC2=O. The van der Waals surface area contributed by atoms with Gasteiger partial charge in [-0.2, -0.15) is 0 Å². The van der Waals surface area contributed by atoms with Gasteiger partial charge in [0.25, 0.3) is 17.4 Å². The van der Waals surface area contributed by atoms with E-state index in [4.69, 9.17) is 5.73 Å². The number of nitrogens with zero attached hydrogens (tertiary/aromatic N) is 3. The zero-order valence-corrected chi connectivity index (χ0v) is 14.7. The molecule has 0 aliphatic carbocycles. The highest BCUT2D eigenvalue weighted by atomic mass is 32.2. The molecule has 5 rings (SSSR count). The third-order valence-electron chi connectivity index (χ3n) is 4.72. The van der Waals surface area contributed by atoms with Crippen LogP contribution in [0.25, 0.3) is 11.4 Å². The first-order valence-corrected chi connectivity index (χ1v) is 9.13. The predicted molar refractivity (Wildman–Crippen MR) is 103 cm³/mol. The van der Waals surface area contributed by atoms with Gasteiger partial charge in [-0.3, -0.25) is 29.3 Å². The van der Waals surface area contributed by atoms with Crippen LogP contribution in [-0.2, 0) is 0 Å². The van der Waals surface area contributed by atoms with Gasteiger partial charge in [-0.1, -0.05) is 23.9 Å². The summed E-state index contributed by atoms with van der Waals surface area (Å²) in [6, 6.07) is 8.50. The number of fused-ring (bicyclic) bond motifs is 2. The van der Waals surface area contributed by atoms with E-state index in [2.05, 4.69) is 15.2 Å². The number of hydrogen-bond acceptors (Lipinski definition) is 7. The van der Waals surface area contributed by atoms with Gasteiger partial charge < -0.3 is 10.6 Å². The number of benzene rings is 1. The number of imide groups is 1. The summed E-state index contributed by atoms with van der Waals surface area (Å²) in [6.45, 7) is 1.58. The van der Waals surface area contributed by atoms with Gasteiger partial charge in [0.2, 0.25) is 0 Å². The molecule has 134 valence electrons. The number of pyridine rings is 1. The number of carbonyl (C=O) groups is 2. The fourth-order valence-electron chi connectivity index (χ4n) is 3.50. The molecule has 0 saturated carbocycles. The van der Waals surface area contributed by atoms with Crippen molar-refractivity contribution in [1.82, 2.24) is 14.8 Å². The highest BCUT2D eigenvalue weighted by Crippen LogP contribution is 2.35. The van der Waals surface area contributed by atoms with Crippen molar-refractivity contribution in [3.63, 3.8) is 0 Å². The van der Waals surface area contributed by atoms with Crippen molar-refractivity contribution in [2.24, 2.45) is 4.99 Å². The summed E-state index contributed by atoms with van der Waals surface area (Å²) in [7, 11) is 0. The number of amidine groups is 1. The minimum Gasteiger partial charge on any atom is -0.384 e. The fourth-order valence-corrected chi connectivity index (χ4v) is 4.46. The van der Waals surface area contributed by atoms with Crippen molar-refractivity contribution in [2.75, 3.05) is 18.8 Å². The summed E-state index contributed by atoms with van der Waals surface area (Å²) in [5.74, 6) is -1.24. The van der Waals surface area contributed by atoms with E-state index in [0.29, 0.717) is 5.69 Å². The Morgan fingerprint density at radius 1 is 1.15 bits per heavy atom. The third-order valence-corrected chi connectivity index (χ3v) is 5.62. The quantitative estimate of drug-likeness (QED) is 0.754. The standard InChI is InChI=1S/C18H13N5O3S/c19-15-14-11(16(25)21-17(14)26)7-13(24)23(15)10-3-1-2-9(6-10)12-8-27-18-20-4-5-22(12)18/h1-3,6-8H,4-5,19H2,(H,21,25,26). The largest absolute Gasteiger partial charge is 0.384 e. The predicted octanol–water partition coefficient (Wildman–Crippen LogP) is 1.02. The average Bonchev–Trinajstić information content (AvgIpc) is 3.30. The molecule has 3 aliphatic heterocycles. The van der Waals surface area contributed by atoms with Crippen LogP contribution in [-0.4, -0.2) is 39.5 Å². The van der Waals surface area contributed by atoms with E-state index >= 15 is 0 Å². The Morgan fingerprint density at radius 3 is 2.85 bits per heavy atom. The van der Waals surface area contributed by atoms with Gasteiger partial charge in [0.1, 0.15) is 5.82 Å². The topological polar surface area (TPSA) is 110 Å². The highest BCUT2D eigenvalue weighted by molar-refractivity contribution is 8.16. The number of carbonyl (C=O) groups excluding carboxylic acids is 2. The number of aliphatic imine (C=N–C) groups is 1. The van der Waals surface area contributed by atoms with Gasteiger partial charge in [-0.15, -0.1) is 0 Å². The molecule has 9 heteroatoms. The highest BCUT2D eigenvalue weighted by Gasteiger charge is 2.32. The summed E-state index contributed by atoms with van der Waals surface area (Å²) in [5.41, 5.74) is 8.15. The van der Waals surface area contributed by atoms with Gasteiger partial charge in [0.05, 0.1) is 29.1 Å². The van der Waals surface area contributed by atoms with Gasteiger partial charge in [-0.25, -0.2) is 0 Å². The third kappa shape index (κ3) is 2.25. The normalized spacial score (nSPS) is 17.6. The van der Waals surface area contributed by atoms with Crippen molar-refractivity contribution in [3.05, 3.63) is 62.8 Å². The number of rotatable bonds is 2. The lowest BCUT2D eigenvalue weighted by Crippen LogP contribution is -2.24. The van der Waals surface area contributed by atoms with Crippen LogP contribution < -0.4 is 16.6 Å². The molecule has 0 atom stereocenters. The number of amides is 2. The number of nitrogen functional groups attached to an aromatic ring is 1. The zero-order chi connectivity index (χ0) is 18.7. The Hall–Kier alpha value is -3.33. The zero-order valence-electron chi connectivity index (χ0n) is 13.9. The number of hydrogen-bond donors (Lipinski definition) is 2. The molecule has 2 aromatic rings. The minimum atomic E-state index is -0.603. The fraction of sp³-hybridized carbons (Fsp3) is 0.111. The first-order valence-electron chi connectivity index (χ1n) is 8.25. The average molecular weight is 379 g/mol. The van der Waals surface area contributed by atoms with Crippen molar-refractivity contribution in [1.29, 1.82) is 0 Å². The lowest BCUT2D eigenvalue weighted by molar-refractivity contribution is 0.0880. The molecule has 2 amide bonds. The molecule has 3 aliphatic rings. The molecule has 0 bridgehead atoms. The molecule has 0 unspecified atom stereocenters. The molecule has 4 heterocycles. The maximum Gasteiger partial charge on any atom is 0.262 e. The molecule has 0 spiro atoms. The van der Waals surface area contributed by atoms with Crippen molar-refractivity contribution in [3.8, 4) is 5.69 Å². The van der Waals surface area contributed by atoms with E-state index < -0.39 is 17.4 Å². The van der Waals surface area contributed by atoms with Crippen LogP contribution >= 0.6 is 11.8 Å². The molecule has 8 nitrogen and oxygen atoms in total. The maximum absolute atomic E-state index is 12.6. The van der Waals surface area contributed by atoms with Crippen LogP contribution in [0.2, 0.25) is 0 Å². The summed E-state index contributed by atoms with van der Waals surface area (Å²) < 4.78 is 1.25. The van der Waals surface area contributed by atoms with Gasteiger partial charge in [0.15, 0.2) is 5.17 Å². The Balaban J connectivity index is 1.64. The summed E-state index contributed by atoms with van der Waals surface area (Å²) in [5, 5.41) is 5.17. The van der Waals surface area contributed by atoms with E-state index in [1.54, 1.807) is 17.8 Å². The Bertz CT molecular complexity index is 1160. The van der Waals surface area contributed by atoms with E-state index in [1.165, 1.54) is 4.57 Å². The smallest absolute Gasteiger partial charge is 0.262 e. The molecule has 0 fully saturated rings. The Labute approximate surface area is 157 Å². The first kappa shape index (κ1) is 15.9. The second-order valence-electron chi connectivity index (χ2n) is 6.26. The van der Waals surface area contributed by atoms with Crippen molar-refractivity contribution < 1.29 is 9.59 Å². The summed E-state index contributed by atoms with van der Waals surface area (Å²) in [6.07, 6.45) is 0. The molecular weight excluding hydrogens is 366 g/mol. The van der Waals surface area contributed by atoms with Gasteiger partial charge in [-0.05, 0) is 12.1 Å². The number of anilines is 1. The second-order valence-corrected chi connectivity index (χ2v) is 7.10. The van der Waals surface area contributed by atoms with Crippen LogP contribution in [0.4, 0.5) is 5.82 Å². The molecule has 0 saturated heterocycles. The minimum absolute atomic E-state index is 0.0164. The number of nitrogens with one attached hydrogen (secondary N) is 1. The van der Waals surface area contributed by atoms with E-state index in [0.717, 1.165) is 35.6 Å². The molecule has 1 aromatic heterocycles. The molecule has 3 N–H and O–H groups in total. The van der Waals surface area contributed by atoms with Crippen LogP contribution in [0.5, 0.6) is 0 Å². The number of thioether (sulfide) groups is 1. The van der Waals surface area contributed by atoms with Crippen molar-refractivity contribution >= 4 is 40.3 Å². The van der Waals surface area contributed by atoms with E-state index in [1.807, 2.05) is 23.6 Å². The van der Waals surface area contributed by atoms with Crippen LogP contribution in [0.15, 0.2) is 45.5 Å². The lowest BCUT2D eigenvalue weighted by atomic mass is 10.1. The van der Waals surface area contributed by atoms with Gasteiger partial charge in [0, 0.05) is 23.6 Å². The van der Waals surface area contributed by atoms with Crippen LogP contribution in [0.3, 0.4) is 0 Å². The molecule has 1 aromatic carbocycles. The molecular formula is C18H13N5O3S. The first-order chi connectivity index (χ1) is 13.0. The Morgan fingerprint density at radius 2 is 2.00 bits per heavy atom. The number of aromatic nitrogens is 1. The molecule has 0 radical (unpaired) electrons. The Kier molecular flexibility index (Phi) is 3.28. The van der Waals surface area contributed by atoms with E-state index in [-0.39, 0.29) is 16.9 Å². The lowest BCUT2D eigenvalue weighted by Gasteiger charge is -2.18. The monoisotopic (exact) mass is 379 g/mol. The maximum atomic E-state index is 12.6. The summed E-state index contributed by atoms with van der Waals surface area (Å²) in [4.78, 5) is 43.0. The summed E-state index contributed by atoms with van der Waals surface area (Å²) >= 11 is 1.57. The second kappa shape index (κ2) is 5.58. The van der Waals surface area contributed by atoms with E-state index in [9.17, 15) is 14.4 Å². The van der Waals surface area contributed by atoms with Crippen LogP contribution in [0.1, 0.15) is 26.3 Å².